The smallest absolute Gasteiger partial charge is 0.261 e. The van der Waals surface area contributed by atoms with Gasteiger partial charge >= 0.3 is 0 Å². The highest BCUT2D eigenvalue weighted by Gasteiger charge is 2.27. The van der Waals surface area contributed by atoms with Crippen molar-refractivity contribution >= 4 is 17.5 Å². The van der Waals surface area contributed by atoms with E-state index in [-0.39, 0.29) is 0 Å². The summed E-state index contributed by atoms with van der Waals surface area (Å²) in [5, 5.41) is 2.29. The van der Waals surface area contributed by atoms with Crippen molar-refractivity contribution in [3.63, 3.8) is 0 Å². The first-order chi connectivity index (χ1) is 10.6. The molecule has 0 unspecified atom stereocenters. The normalized spacial score (nSPS) is 12.0. The summed E-state index contributed by atoms with van der Waals surface area (Å²) in [4.78, 5) is 22.9. The molecule has 23 heavy (non-hydrogen) atoms. The van der Waals surface area contributed by atoms with Crippen molar-refractivity contribution in [2.24, 2.45) is 5.92 Å². The molecule has 1 atom stereocenters. The Morgan fingerprint density at radius 1 is 0.870 bits per heavy atom. The molecule has 0 fully saturated rings. The van der Waals surface area contributed by atoms with Gasteiger partial charge < -0.3 is 5.32 Å². The summed E-state index contributed by atoms with van der Waals surface area (Å²) in [6, 6.07) is -1.07. The first-order valence-corrected chi connectivity index (χ1v) is 6.42. The molecule has 0 aliphatic carbocycles. The third kappa shape index (κ3) is 4.08. The summed E-state index contributed by atoms with van der Waals surface area (Å²) in [6.07, 6.45) is 0. The van der Waals surface area contributed by atoms with Gasteiger partial charge in [-0.25, -0.2) is 22.0 Å². The minimum Gasteiger partial charge on any atom is -0.344 e. The van der Waals surface area contributed by atoms with Crippen LogP contribution in [0.25, 0.3) is 0 Å². The number of carbonyl (C=O) groups excluding carboxylic acids is 2. The topological polar surface area (TPSA) is 70.2 Å². The zero-order chi connectivity index (χ0) is 17.9. The molecule has 0 aliphatic rings. The predicted octanol–water partition coefficient (Wildman–Crippen LogP) is 1.99. The molecule has 0 heterocycles. The molecule has 0 bridgehead atoms. The lowest BCUT2D eigenvalue weighted by Gasteiger charge is -2.21. The number of hydrazine groups is 1. The molecule has 5 nitrogen and oxygen atoms in total. The number of hydrogen-bond acceptors (Lipinski definition) is 3. The highest BCUT2D eigenvalue weighted by atomic mass is 19.2. The van der Waals surface area contributed by atoms with Crippen LogP contribution in [0.3, 0.4) is 0 Å². The van der Waals surface area contributed by atoms with Gasteiger partial charge in [0.2, 0.25) is 11.7 Å². The number of nitrogens with one attached hydrogen (secondary N) is 3. The van der Waals surface area contributed by atoms with Gasteiger partial charge in [-0.15, -0.1) is 0 Å². The third-order valence-corrected chi connectivity index (χ3v) is 2.83. The van der Waals surface area contributed by atoms with Gasteiger partial charge in [0.25, 0.3) is 5.91 Å². The second kappa shape index (κ2) is 7.25. The quantitative estimate of drug-likeness (QED) is 0.333. The van der Waals surface area contributed by atoms with Crippen LogP contribution in [0.2, 0.25) is 0 Å². The van der Waals surface area contributed by atoms with Crippen molar-refractivity contribution in [1.82, 2.24) is 10.7 Å². The lowest BCUT2D eigenvalue weighted by atomic mass is 10.0. The van der Waals surface area contributed by atoms with E-state index in [1.165, 1.54) is 0 Å². The molecule has 128 valence electrons. The van der Waals surface area contributed by atoms with Gasteiger partial charge in [-0.05, 0) is 5.92 Å². The predicted molar refractivity (Wildman–Crippen MR) is 70.4 cm³/mol. The monoisotopic (exact) mass is 339 g/mol. The molecule has 1 aromatic carbocycles. The fraction of sp³-hybridized carbons (Fsp3) is 0.385. The molecule has 0 radical (unpaired) electrons. The van der Waals surface area contributed by atoms with Crippen LogP contribution in [-0.4, -0.2) is 17.9 Å². The van der Waals surface area contributed by atoms with Crippen molar-refractivity contribution in [2.75, 3.05) is 5.43 Å². The minimum absolute atomic E-state index is 0.392. The molecular weight excluding hydrogens is 325 g/mol. The maximum absolute atomic E-state index is 13.4. The fourth-order valence-electron chi connectivity index (χ4n) is 1.67. The Morgan fingerprint density at radius 2 is 1.30 bits per heavy atom. The van der Waals surface area contributed by atoms with Crippen molar-refractivity contribution in [3.8, 4) is 0 Å². The van der Waals surface area contributed by atoms with Crippen LogP contribution in [-0.2, 0) is 9.59 Å². The largest absolute Gasteiger partial charge is 0.344 e. The van der Waals surface area contributed by atoms with Crippen LogP contribution >= 0.6 is 0 Å². The first-order valence-electron chi connectivity index (χ1n) is 6.42. The first kappa shape index (κ1) is 18.7. The van der Waals surface area contributed by atoms with Crippen LogP contribution in [0.15, 0.2) is 0 Å². The van der Waals surface area contributed by atoms with Gasteiger partial charge in [-0.3, -0.25) is 20.4 Å². The summed E-state index contributed by atoms with van der Waals surface area (Å²) >= 11 is 0. The van der Waals surface area contributed by atoms with Crippen molar-refractivity contribution < 1.29 is 31.5 Å². The summed E-state index contributed by atoms with van der Waals surface area (Å²) in [5.41, 5.74) is 2.05. The SMILES string of the molecule is CC(=O)N[C@@H](C(=O)NNc1c(F)c(F)c(F)c(F)c1F)C(C)C. The molecule has 0 aromatic heterocycles. The standard InChI is InChI=1S/C13H14F5N3O2/c1-4(2)11(19-5(3)22)13(23)21-20-12-9(17)7(15)6(14)8(16)10(12)18/h4,11,20H,1-3H3,(H,19,22)(H,21,23)/t11-/m1/s1. The van der Waals surface area contributed by atoms with Gasteiger partial charge in [-0.2, -0.15) is 0 Å². The fourth-order valence-corrected chi connectivity index (χ4v) is 1.67. The Kier molecular flexibility index (Phi) is 5.88. The Bertz CT molecular complexity index is 608. The highest BCUT2D eigenvalue weighted by Crippen LogP contribution is 2.26. The average Bonchev–Trinajstić information content (AvgIpc) is 2.47. The third-order valence-electron chi connectivity index (χ3n) is 2.83. The van der Waals surface area contributed by atoms with E-state index < -0.39 is 58.5 Å². The Morgan fingerprint density at radius 3 is 1.70 bits per heavy atom. The van der Waals surface area contributed by atoms with E-state index in [0.29, 0.717) is 0 Å². The maximum Gasteiger partial charge on any atom is 0.261 e. The molecule has 0 saturated heterocycles. The van der Waals surface area contributed by atoms with E-state index in [9.17, 15) is 31.5 Å². The number of hydrogen-bond donors (Lipinski definition) is 3. The molecule has 1 aromatic rings. The van der Waals surface area contributed by atoms with Crippen LogP contribution in [0, 0.1) is 35.0 Å². The number of rotatable bonds is 5. The van der Waals surface area contributed by atoms with Gasteiger partial charge in [0.15, 0.2) is 23.3 Å². The summed E-state index contributed by atoms with van der Waals surface area (Å²) in [5.74, 6) is -12.7. The van der Waals surface area contributed by atoms with Gasteiger partial charge in [-0.1, -0.05) is 13.8 Å². The van der Waals surface area contributed by atoms with Crippen molar-refractivity contribution in [2.45, 2.75) is 26.8 Å². The number of halogens is 5. The molecule has 3 N–H and O–H groups in total. The van der Waals surface area contributed by atoms with E-state index in [0.717, 1.165) is 6.92 Å². The molecular formula is C13H14F5N3O2. The van der Waals surface area contributed by atoms with Gasteiger partial charge in [0.1, 0.15) is 11.7 Å². The van der Waals surface area contributed by atoms with Crippen molar-refractivity contribution in [1.29, 1.82) is 0 Å². The molecule has 1 rings (SSSR count). The zero-order valence-electron chi connectivity index (χ0n) is 12.4. The van der Waals surface area contributed by atoms with Crippen LogP contribution < -0.4 is 16.2 Å². The number of benzene rings is 1. The van der Waals surface area contributed by atoms with Crippen LogP contribution in [0.4, 0.5) is 27.6 Å². The van der Waals surface area contributed by atoms with E-state index in [1.54, 1.807) is 24.7 Å². The average molecular weight is 339 g/mol. The number of amides is 2. The lowest BCUT2D eigenvalue weighted by Crippen LogP contribution is -2.50. The second-order valence-corrected chi connectivity index (χ2v) is 4.98. The highest BCUT2D eigenvalue weighted by molar-refractivity contribution is 5.87. The summed E-state index contributed by atoms with van der Waals surface area (Å²) < 4.78 is 65.8. The zero-order valence-corrected chi connectivity index (χ0v) is 12.4. The molecule has 0 spiro atoms. The Balaban J connectivity index is 2.98. The summed E-state index contributed by atoms with van der Waals surface area (Å²) in [7, 11) is 0. The van der Waals surface area contributed by atoms with E-state index in [1.807, 2.05) is 0 Å². The maximum atomic E-state index is 13.4. The lowest BCUT2D eigenvalue weighted by molar-refractivity contribution is -0.128. The molecule has 10 heteroatoms. The number of anilines is 1. The van der Waals surface area contributed by atoms with E-state index in [4.69, 9.17) is 0 Å². The minimum atomic E-state index is -2.31. The van der Waals surface area contributed by atoms with Crippen molar-refractivity contribution in [3.05, 3.63) is 29.1 Å². The molecule has 0 saturated carbocycles. The Hall–Kier alpha value is -2.39. The van der Waals surface area contributed by atoms with E-state index in [2.05, 4.69) is 5.32 Å². The summed E-state index contributed by atoms with van der Waals surface area (Å²) in [6.45, 7) is 4.32. The number of carbonyl (C=O) groups is 2. The molecule has 2 amide bonds. The molecule has 0 aliphatic heterocycles. The van der Waals surface area contributed by atoms with Crippen LogP contribution in [0.1, 0.15) is 20.8 Å². The van der Waals surface area contributed by atoms with Gasteiger partial charge in [0, 0.05) is 6.92 Å². The van der Waals surface area contributed by atoms with E-state index >= 15 is 0 Å². The van der Waals surface area contributed by atoms with Gasteiger partial charge in [0.05, 0.1) is 0 Å². The van der Waals surface area contributed by atoms with Crippen LogP contribution in [0.5, 0.6) is 0 Å². The second-order valence-electron chi connectivity index (χ2n) is 4.98. The Labute approximate surface area is 128 Å².